The zero-order valence-electron chi connectivity index (χ0n) is 22.5. The molecule has 0 saturated heterocycles. The Morgan fingerprint density at radius 3 is 1.61 bits per heavy atom. The smallest absolute Gasteiger partial charge is 0.436 e. The third-order valence-corrected chi connectivity index (χ3v) is 19.5. The van der Waals surface area contributed by atoms with Crippen molar-refractivity contribution in [1.29, 1.82) is 0 Å². The van der Waals surface area contributed by atoms with Gasteiger partial charge in [-0.3, -0.25) is 4.74 Å². The zero-order valence-corrected chi connectivity index (χ0v) is 26.5. The van der Waals surface area contributed by atoms with E-state index in [2.05, 4.69) is 4.74 Å². The maximum absolute atomic E-state index is 14.8. The Hall–Kier alpha value is -0.702. The van der Waals surface area contributed by atoms with Gasteiger partial charge in [0.15, 0.2) is 16.6 Å². The zero-order chi connectivity index (χ0) is 30.1. The van der Waals surface area contributed by atoms with Gasteiger partial charge in [0, 0.05) is 6.42 Å². The largest absolute Gasteiger partial charge is 0.448 e. The number of halogens is 9. The van der Waals surface area contributed by atoms with E-state index in [1.807, 2.05) is 44.4 Å². The van der Waals surface area contributed by atoms with Crippen molar-refractivity contribution in [3.8, 4) is 0 Å². The lowest BCUT2D eigenvalue weighted by Gasteiger charge is -2.42. The van der Waals surface area contributed by atoms with E-state index in [1.165, 1.54) is 13.1 Å². The van der Waals surface area contributed by atoms with E-state index in [0.29, 0.717) is 0 Å². The summed E-state index contributed by atoms with van der Waals surface area (Å²) in [6.07, 6.45) is -21.8. The minimum atomic E-state index is -6.01. The molecule has 0 N–H and O–H groups in total. The average Bonchev–Trinajstić information content (AvgIpc) is 2.61. The van der Waals surface area contributed by atoms with E-state index in [9.17, 15) is 39.5 Å². The van der Waals surface area contributed by atoms with E-state index in [4.69, 9.17) is 12.3 Å². The van der Waals surface area contributed by atoms with Crippen molar-refractivity contribution in [2.24, 2.45) is 0 Å². The molecule has 2 unspecified atom stereocenters. The fourth-order valence-corrected chi connectivity index (χ4v) is 21.8. The quantitative estimate of drug-likeness (QED) is 0.163. The number of rotatable bonds is 13. The number of benzene rings is 1. The number of ether oxygens (including phenoxy) is 1. The van der Waals surface area contributed by atoms with Crippen LogP contribution in [0.5, 0.6) is 0 Å². The van der Waals surface area contributed by atoms with Gasteiger partial charge in [-0.25, -0.2) is 4.39 Å². The Morgan fingerprint density at radius 1 is 0.684 bits per heavy atom. The van der Waals surface area contributed by atoms with Crippen LogP contribution in [-0.2, 0) is 17.1 Å². The summed E-state index contributed by atoms with van der Waals surface area (Å²) in [5.74, 6) is -5.02. The number of alkyl halides is 9. The fourth-order valence-electron chi connectivity index (χ4n) is 3.89. The molecule has 4 nitrogen and oxygen atoms in total. The molecule has 0 saturated carbocycles. The minimum Gasteiger partial charge on any atom is -0.436 e. The van der Waals surface area contributed by atoms with Crippen molar-refractivity contribution in [2.45, 2.75) is 95.6 Å². The molecule has 1 rings (SSSR count). The van der Waals surface area contributed by atoms with Gasteiger partial charge in [0.2, 0.25) is 0 Å². The van der Waals surface area contributed by atoms with Crippen LogP contribution in [0.3, 0.4) is 0 Å². The highest BCUT2D eigenvalue weighted by Gasteiger charge is 2.63. The van der Waals surface area contributed by atoms with Crippen LogP contribution in [0.25, 0.3) is 0 Å². The summed E-state index contributed by atoms with van der Waals surface area (Å²) >= 11 is 0. The van der Waals surface area contributed by atoms with Gasteiger partial charge >= 0.3 is 41.4 Å². The molecule has 0 aliphatic rings. The molecule has 0 aliphatic heterocycles. The molecular weight excluding hydrogens is 600 g/mol. The van der Waals surface area contributed by atoms with Crippen molar-refractivity contribution in [3.05, 3.63) is 30.3 Å². The van der Waals surface area contributed by atoms with Crippen LogP contribution >= 0.6 is 0 Å². The summed E-state index contributed by atoms with van der Waals surface area (Å²) in [6, 6.07) is 8.39. The van der Waals surface area contributed by atoms with Crippen molar-refractivity contribution < 1.29 is 56.6 Å². The Morgan fingerprint density at radius 2 is 1.18 bits per heavy atom. The van der Waals surface area contributed by atoms with Crippen LogP contribution in [-0.4, -0.2) is 58.1 Å². The highest BCUT2D eigenvalue weighted by atomic mass is 28.5. The van der Waals surface area contributed by atoms with Gasteiger partial charge in [-0.1, -0.05) is 30.3 Å². The van der Waals surface area contributed by atoms with Gasteiger partial charge < -0.3 is 12.3 Å². The molecule has 0 heterocycles. The molecule has 0 bridgehead atoms. The Kier molecular flexibility index (Phi) is 10.8. The fraction of sp³-hybridized carbons (Fsp3) is 0.714. The second-order valence-electron chi connectivity index (χ2n) is 11.1. The summed E-state index contributed by atoms with van der Waals surface area (Å²) in [5.41, 5.74) is 0. The first-order chi connectivity index (χ1) is 16.6. The van der Waals surface area contributed by atoms with Gasteiger partial charge in [-0.05, 0) is 63.6 Å². The topological polar surface area (TPSA) is 36.9 Å². The minimum absolute atomic E-state index is 0.691. The lowest BCUT2D eigenvalue weighted by molar-refractivity contribution is -0.423. The lowest BCUT2D eigenvalue weighted by atomic mass is 10.2. The molecule has 222 valence electrons. The molecule has 0 aromatic heterocycles. The highest BCUT2D eigenvalue weighted by Crippen LogP contribution is 2.46. The molecule has 0 fully saturated rings. The van der Waals surface area contributed by atoms with Crippen LogP contribution in [0, 0.1) is 0 Å². The molecule has 38 heavy (non-hydrogen) atoms. The van der Waals surface area contributed by atoms with Gasteiger partial charge in [-0.2, -0.15) is 35.1 Å². The van der Waals surface area contributed by atoms with E-state index in [1.54, 1.807) is 25.2 Å². The maximum atomic E-state index is 14.8. The van der Waals surface area contributed by atoms with Gasteiger partial charge in [0.1, 0.15) is 6.42 Å². The third-order valence-electron chi connectivity index (χ3n) is 4.95. The summed E-state index contributed by atoms with van der Waals surface area (Å²) < 4.78 is 141. The second-order valence-corrected chi connectivity index (χ2v) is 27.1. The van der Waals surface area contributed by atoms with Gasteiger partial charge in [-0.15, -0.1) is 0 Å². The van der Waals surface area contributed by atoms with Gasteiger partial charge in [0.05, 0.1) is 0 Å². The molecule has 2 atom stereocenters. The summed E-state index contributed by atoms with van der Waals surface area (Å²) in [4.78, 5) is 0. The van der Waals surface area contributed by atoms with Gasteiger partial charge in [0.25, 0.3) is 0 Å². The summed E-state index contributed by atoms with van der Waals surface area (Å²) in [6.45, 7) is 13.9. The van der Waals surface area contributed by atoms with Crippen LogP contribution in [0.15, 0.2) is 30.3 Å². The van der Waals surface area contributed by atoms with E-state index >= 15 is 0 Å². The summed E-state index contributed by atoms with van der Waals surface area (Å²) in [7, 11) is -11.7. The predicted molar refractivity (Wildman–Crippen MR) is 135 cm³/mol. The maximum Gasteiger partial charge on any atom is 0.448 e. The van der Waals surface area contributed by atoms with Crippen LogP contribution in [0.1, 0.15) is 12.8 Å². The third kappa shape index (κ3) is 11.8. The highest BCUT2D eigenvalue weighted by molar-refractivity contribution is 6.94. The molecule has 17 heteroatoms. The van der Waals surface area contributed by atoms with Crippen molar-refractivity contribution in [2.75, 3.05) is 0 Å². The second kappa shape index (κ2) is 11.7. The van der Waals surface area contributed by atoms with Crippen molar-refractivity contribution >= 4 is 38.9 Å². The van der Waals surface area contributed by atoms with Crippen LogP contribution in [0.4, 0.5) is 39.5 Å². The van der Waals surface area contributed by atoms with Crippen LogP contribution in [0.2, 0.25) is 58.4 Å². The van der Waals surface area contributed by atoms with E-state index < -0.39 is 77.0 Å². The standard InChI is InChI=1S/C21H35F9O4Si4/c1-35(2,3)32-38(8,17-12-10-9-11-13-17)34-37(6,7)33-36(4,5)15-14-18(22,21(28,29)30)31-20(26,27)16-19(23,24)25/h9-13H,14-16H2,1-8H3. The molecule has 1 aromatic carbocycles. The Balaban J connectivity index is 3.13. The first kappa shape index (κ1) is 35.3. The number of hydrogen-bond donors (Lipinski definition) is 0. The first-order valence-corrected chi connectivity index (χ1v) is 23.3. The SMILES string of the molecule is C[Si](C)(C)O[Si](C)(O[Si](C)(C)O[Si](C)(C)CCC(F)(OC(F)(F)CC(F)(F)F)C(F)(F)F)c1ccccc1. The molecule has 0 aliphatic carbocycles. The normalized spacial score (nSPS) is 17.7. The van der Waals surface area contributed by atoms with E-state index in [-0.39, 0.29) is 0 Å². The molecule has 1 aromatic rings. The predicted octanol–water partition coefficient (Wildman–Crippen LogP) is 7.94. The lowest BCUT2D eigenvalue weighted by Crippen LogP contribution is -2.63. The molecule has 0 amide bonds. The monoisotopic (exact) mass is 634 g/mol. The molecule has 0 radical (unpaired) electrons. The Bertz CT molecular complexity index is 909. The number of hydrogen-bond acceptors (Lipinski definition) is 4. The summed E-state index contributed by atoms with van der Waals surface area (Å²) in [5, 5.41) is 0.797. The van der Waals surface area contributed by atoms with E-state index in [0.717, 1.165) is 5.19 Å². The van der Waals surface area contributed by atoms with Crippen molar-refractivity contribution in [1.82, 2.24) is 0 Å². The molecule has 0 spiro atoms. The van der Waals surface area contributed by atoms with Crippen molar-refractivity contribution in [3.63, 3.8) is 0 Å². The van der Waals surface area contributed by atoms with Crippen LogP contribution < -0.4 is 5.19 Å². The molecular formula is C21H35F9O4Si4. The Labute approximate surface area is 221 Å². The average molecular weight is 635 g/mol. The first-order valence-electron chi connectivity index (χ1n) is 11.7.